The average Bonchev–Trinajstić information content (AvgIpc) is 3.20. The van der Waals surface area contributed by atoms with Gasteiger partial charge in [0.05, 0.1) is 12.5 Å². The second-order valence-corrected chi connectivity index (χ2v) is 7.78. The van der Waals surface area contributed by atoms with E-state index in [2.05, 4.69) is 17.4 Å². The number of nitrogens with one attached hydrogen (secondary N) is 1. The van der Waals surface area contributed by atoms with Crippen molar-refractivity contribution in [2.24, 2.45) is 5.92 Å². The predicted molar refractivity (Wildman–Crippen MR) is 96.5 cm³/mol. The Morgan fingerprint density at radius 2 is 2.12 bits per heavy atom. The molecule has 140 valence electrons. The lowest BCUT2D eigenvalue weighted by molar-refractivity contribution is -0.143. The van der Waals surface area contributed by atoms with Crippen LogP contribution in [0, 0.1) is 5.92 Å². The van der Waals surface area contributed by atoms with E-state index < -0.39 is 5.97 Å². The van der Waals surface area contributed by atoms with E-state index in [1.165, 1.54) is 11.1 Å². The molecule has 26 heavy (non-hydrogen) atoms. The maximum Gasteiger partial charge on any atom is 0.317 e. The SMILES string of the molecule is O=C(O)C1CCC2(CCc3ccc(OCCN4CCNC4=O)cc32)CC1. The Hall–Kier alpha value is -2.24. The van der Waals surface area contributed by atoms with Crippen LogP contribution in [0.1, 0.15) is 43.2 Å². The van der Waals surface area contributed by atoms with Gasteiger partial charge >= 0.3 is 12.0 Å². The van der Waals surface area contributed by atoms with Gasteiger partial charge in [-0.1, -0.05) is 6.07 Å². The summed E-state index contributed by atoms with van der Waals surface area (Å²) in [5.74, 6) is 0.0156. The smallest absolute Gasteiger partial charge is 0.317 e. The van der Waals surface area contributed by atoms with Crippen molar-refractivity contribution in [2.45, 2.75) is 43.9 Å². The predicted octanol–water partition coefficient (Wildman–Crippen LogP) is 2.55. The van der Waals surface area contributed by atoms with Crippen LogP contribution in [0.3, 0.4) is 0 Å². The number of ether oxygens (including phenoxy) is 1. The number of aryl methyl sites for hydroxylation is 1. The van der Waals surface area contributed by atoms with Gasteiger partial charge < -0.3 is 20.1 Å². The van der Waals surface area contributed by atoms with Crippen molar-refractivity contribution in [1.82, 2.24) is 10.2 Å². The molecule has 6 nitrogen and oxygen atoms in total. The lowest BCUT2D eigenvalue weighted by Crippen LogP contribution is -2.32. The molecule has 0 aromatic heterocycles. The number of nitrogens with zero attached hydrogens (tertiary/aromatic N) is 1. The Morgan fingerprint density at radius 3 is 2.81 bits per heavy atom. The third-order valence-corrected chi connectivity index (χ3v) is 6.39. The van der Waals surface area contributed by atoms with Gasteiger partial charge in [-0.3, -0.25) is 4.79 Å². The number of carbonyl (C=O) groups is 2. The fourth-order valence-corrected chi connectivity index (χ4v) is 4.80. The number of hydrogen-bond donors (Lipinski definition) is 2. The molecule has 1 heterocycles. The number of amides is 2. The third kappa shape index (κ3) is 3.13. The number of benzene rings is 1. The average molecular weight is 358 g/mol. The number of rotatable bonds is 5. The Bertz CT molecular complexity index is 710. The topological polar surface area (TPSA) is 78.9 Å². The molecule has 2 aliphatic carbocycles. The van der Waals surface area contributed by atoms with Crippen LogP contribution in [0.5, 0.6) is 5.75 Å². The second kappa shape index (κ2) is 6.82. The zero-order chi connectivity index (χ0) is 18.1. The summed E-state index contributed by atoms with van der Waals surface area (Å²) in [7, 11) is 0. The molecule has 0 bridgehead atoms. The number of carboxylic acids is 1. The van der Waals surface area contributed by atoms with E-state index in [1.54, 1.807) is 4.90 Å². The number of hydrogen-bond acceptors (Lipinski definition) is 3. The van der Waals surface area contributed by atoms with E-state index >= 15 is 0 Å². The highest BCUT2D eigenvalue weighted by atomic mass is 16.5. The zero-order valence-electron chi connectivity index (χ0n) is 15.0. The largest absolute Gasteiger partial charge is 0.492 e. The number of fused-ring (bicyclic) bond motifs is 2. The monoisotopic (exact) mass is 358 g/mol. The Balaban J connectivity index is 1.41. The summed E-state index contributed by atoms with van der Waals surface area (Å²) in [4.78, 5) is 24.6. The first kappa shape index (κ1) is 17.2. The van der Waals surface area contributed by atoms with E-state index in [4.69, 9.17) is 4.74 Å². The quantitative estimate of drug-likeness (QED) is 0.848. The highest BCUT2D eigenvalue weighted by molar-refractivity contribution is 5.76. The lowest BCUT2D eigenvalue weighted by Gasteiger charge is -2.37. The summed E-state index contributed by atoms with van der Waals surface area (Å²) in [6.07, 6.45) is 5.63. The maximum atomic E-state index is 11.6. The molecule has 1 aromatic rings. The summed E-state index contributed by atoms with van der Waals surface area (Å²) in [5.41, 5.74) is 2.87. The fraction of sp³-hybridized carbons (Fsp3) is 0.600. The first-order valence-electron chi connectivity index (χ1n) is 9.59. The summed E-state index contributed by atoms with van der Waals surface area (Å²) in [5, 5.41) is 12.1. The van der Waals surface area contributed by atoms with Crippen molar-refractivity contribution in [2.75, 3.05) is 26.2 Å². The number of aliphatic carboxylic acids is 1. The van der Waals surface area contributed by atoms with Crippen LogP contribution in [0.25, 0.3) is 0 Å². The van der Waals surface area contributed by atoms with Crippen molar-refractivity contribution in [1.29, 1.82) is 0 Å². The molecule has 0 radical (unpaired) electrons. The van der Waals surface area contributed by atoms with Crippen LogP contribution in [-0.2, 0) is 16.6 Å². The minimum Gasteiger partial charge on any atom is -0.492 e. The van der Waals surface area contributed by atoms with E-state index in [1.807, 2.05) is 6.07 Å². The minimum atomic E-state index is -0.652. The zero-order valence-corrected chi connectivity index (χ0v) is 15.0. The molecule has 4 rings (SSSR count). The van der Waals surface area contributed by atoms with Gasteiger partial charge in [0.1, 0.15) is 12.4 Å². The molecule has 0 unspecified atom stereocenters. The summed E-state index contributed by atoms with van der Waals surface area (Å²) in [6.45, 7) is 2.52. The van der Waals surface area contributed by atoms with Crippen LogP contribution in [0.15, 0.2) is 18.2 Å². The fourth-order valence-electron chi connectivity index (χ4n) is 4.80. The molecular formula is C20H26N2O4. The van der Waals surface area contributed by atoms with Crippen molar-refractivity contribution >= 4 is 12.0 Å². The molecule has 2 fully saturated rings. The van der Waals surface area contributed by atoms with Crippen molar-refractivity contribution in [3.8, 4) is 5.75 Å². The number of carboxylic acid groups (broad SMARTS) is 1. The van der Waals surface area contributed by atoms with Crippen molar-refractivity contribution < 1.29 is 19.4 Å². The Labute approximate surface area is 153 Å². The highest BCUT2D eigenvalue weighted by Gasteiger charge is 2.43. The number of urea groups is 1. The van der Waals surface area contributed by atoms with Gasteiger partial charge in [-0.05, 0) is 67.2 Å². The molecule has 1 saturated heterocycles. The third-order valence-electron chi connectivity index (χ3n) is 6.39. The van der Waals surface area contributed by atoms with Gasteiger partial charge in [0, 0.05) is 13.1 Å². The molecule has 6 heteroatoms. The van der Waals surface area contributed by atoms with Crippen LogP contribution in [-0.4, -0.2) is 48.2 Å². The van der Waals surface area contributed by atoms with Gasteiger partial charge in [0.15, 0.2) is 0 Å². The van der Waals surface area contributed by atoms with Gasteiger partial charge in [-0.15, -0.1) is 0 Å². The highest BCUT2D eigenvalue weighted by Crippen LogP contribution is 2.50. The van der Waals surface area contributed by atoms with Gasteiger partial charge in [0.25, 0.3) is 0 Å². The first-order valence-corrected chi connectivity index (χ1v) is 9.59. The van der Waals surface area contributed by atoms with Crippen LogP contribution in [0.4, 0.5) is 4.79 Å². The van der Waals surface area contributed by atoms with Gasteiger partial charge in [0.2, 0.25) is 0 Å². The normalized spacial score (nSPS) is 27.5. The Morgan fingerprint density at radius 1 is 1.31 bits per heavy atom. The Kier molecular flexibility index (Phi) is 4.51. The van der Waals surface area contributed by atoms with Gasteiger partial charge in [-0.2, -0.15) is 0 Å². The van der Waals surface area contributed by atoms with Crippen LogP contribution < -0.4 is 10.1 Å². The molecule has 0 atom stereocenters. The molecular weight excluding hydrogens is 332 g/mol. The molecule has 2 amide bonds. The molecule has 1 spiro atoms. The van der Waals surface area contributed by atoms with Gasteiger partial charge in [-0.25, -0.2) is 4.79 Å². The van der Waals surface area contributed by atoms with E-state index in [-0.39, 0.29) is 17.4 Å². The summed E-state index contributed by atoms with van der Waals surface area (Å²) < 4.78 is 5.92. The van der Waals surface area contributed by atoms with E-state index in [0.717, 1.165) is 50.8 Å². The molecule has 1 aromatic carbocycles. The second-order valence-electron chi connectivity index (χ2n) is 7.78. The van der Waals surface area contributed by atoms with E-state index in [9.17, 15) is 14.7 Å². The minimum absolute atomic E-state index is 0.0169. The molecule has 2 N–H and O–H groups in total. The summed E-state index contributed by atoms with van der Waals surface area (Å²) in [6, 6.07) is 6.32. The molecule has 3 aliphatic rings. The summed E-state index contributed by atoms with van der Waals surface area (Å²) >= 11 is 0. The number of carbonyl (C=O) groups excluding carboxylic acids is 1. The maximum absolute atomic E-state index is 11.6. The van der Waals surface area contributed by atoms with Crippen molar-refractivity contribution in [3.63, 3.8) is 0 Å². The lowest BCUT2D eigenvalue weighted by atomic mass is 9.67. The van der Waals surface area contributed by atoms with Crippen molar-refractivity contribution in [3.05, 3.63) is 29.3 Å². The first-order chi connectivity index (χ1) is 12.6. The molecule has 1 saturated carbocycles. The molecule has 1 aliphatic heterocycles. The van der Waals surface area contributed by atoms with Crippen LogP contribution >= 0.6 is 0 Å². The van der Waals surface area contributed by atoms with E-state index in [0.29, 0.717) is 19.7 Å². The van der Waals surface area contributed by atoms with Crippen LogP contribution in [0.2, 0.25) is 0 Å². The standard InChI is InChI=1S/C20H26N2O4/c23-18(24)15-4-7-20(8-5-15)6-3-14-1-2-16(13-17(14)20)26-12-11-22-10-9-21-19(22)25/h1-2,13,15H,3-12H2,(H,21,25)(H,23,24).